The third-order valence-electron chi connectivity index (χ3n) is 4.87. The summed E-state index contributed by atoms with van der Waals surface area (Å²) in [5, 5.41) is 48.7. The summed E-state index contributed by atoms with van der Waals surface area (Å²) >= 11 is 0. The minimum absolute atomic E-state index is 0.711. The Morgan fingerprint density at radius 1 is 1.21 bits per heavy atom. The number of phosphoric acid groups is 2. The van der Waals surface area contributed by atoms with Crippen molar-refractivity contribution in [2.24, 2.45) is 0 Å². The lowest BCUT2D eigenvalue weighted by molar-refractivity contribution is -0.257. The number of hydrogen-bond acceptors (Lipinski definition) is 16. The first kappa shape index (κ1) is 27.3. The van der Waals surface area contributed by atoms with Crippen molar-refractivity contribution in [3.05, 3.63) is 33.1 Å². The van der Waals surface area contributed by atoms with Crippen LogP contribution >= 0.6 is 15.6 Å². The van der Waals surface area contributed by atoms with Crippen LogP contribution in [-0.4, -0.2) is 91.2 Å². The van der Waals surface area contributed by atoms with E-state index in [2.05, 4.69) is 18.1 Å². The van der Waals surface area contributed by atoms with Gasteiger partial charge in [0.15, 0.2) is 12.5 Å². The van der Waals surface area contributed by atoms with Crippen LogP contribution in [0.15, 0.2) is 21.9 Å². The van der Waals surface area contributed by atoms with Crippen molar-refractivity contribution < 1.29 is 67.3 Å². The molecular weight excluding hydrogens is 514 g/mol. The fourth-order valence-corrected chi connectivity index (χ4v) is 5.15. The standard InChI is InChI=1S/C14H22N2O16P2/c17-4-14(23)5-28-12(10(14)21)31-34(26,27)32-33(24,25)29-3-6-8(19)9(20)11(30-6)16-2-1-7(18)15-13(16)22/h1-2,6,8-12,17,19-21,23H,3-5H2,(H,24,25)(H,26,27)(H,15,18,22)/p-2/t6-,8-,9-,10+,11-,12-,14-/m1/s1. The number of aromatic amines is 1. The molecule has 18 nitrogen and oxygen atoms in total. The first-order valence-corrected chi connectivity index (χ1v) is 12.2. The molecule has 2 fully saturated rings. The average molecular weight is 534 g/mol. The van der Waals surface area contributed by atoms with E-state index in [0.29, 0.717) is 4.57 Å². The number of nitrogens with zero attached hydrogens (tertiary/aromatic N) is 1. The third kappa shape index (κ3) is 5.89. The highest BCUT2D eigenvalue weighted by atomic mass is 31.3. The number of ether oxygens (including phenoxy) is 2. The normalized spacial score (nSPS) is 37.4. The number of aromatic nitrogens is 2. The summed E-state index contributed by atoms with van der Waals surface area (Å²) in [6.07, 6.45) is -9.97. The predicted octanol–water partition coefficient (Wildman–Crippen LogP) is -5.42. The number of nitrogens with one attached hydrogen (secondary N) is 1. The Morgan fingerprint density at radius 3 is 2.47 bits per heavy atom. The lowest BCUT2D eigenvalue weighted by atomic mass is 10.0. The lowest BCUT2D eigenvalue weighted by Gasteiger charge is -2.33. The van der Waals surface area contributed by atoms with Gasteiger partial charge in [0.2, 0.25) is 0 Å². The first-order chi connectivity index (χ1) is 15.7. The second-order valence-electron chi connectivity index (χ2n) is 7.33. The van der Waals surface area contributed by atoms with Crippen LogP contribution in [0, 0.1) is 0 Å². The molecule has 194 valence electrons. The fourth-order valence-electron chi connectivity index (χ4n) is 3.07. The van der Waals surface area contributed by atoms with Crippen molar-refractivity contribution in [3.8, 4) is 0 Å². The Morgan fingerprint density at radius 2 is 1.88 bits per heavy atom. The zero-order chi connectivity index (χ0) is 25.5. The van der Waals surface area contributed by atoms with Gasteiger partial charge < -0.3 is 49.3 Å². The minimum Gasteiger partial charge on any atom is -0.756 e. The van der Waals surface area contributed by atoms with E-state index >= 15 is 0 Å². The molecule has 6 N–H and O–H groups in total. The molecule has 2 unspecified atom stereocenters. The van der Waals surface area contributed by atoms with Crippen molar-refractivity contribution in [1.29, 1.82) is 0 Å². The molecule has 34 heavy (non-hydrogen) atoms. The Hall–Kier alpha value is -1.34. The Balaban J connectivity index is 1.60. The van der Waals surface area contributed by atoms with E-state index < -0.39 is 89.2 Å². The van der Waals surface area contributed by atoms with Crippen molar-refractivity contribution in [2.45, 2.75) is 42.5 Å². The molecule has 1 aromatic heterocycles. The number of aliphatic hydroxyl groups excluding tert-OH is 4. The minimum atomic E-state index is -5.79. The zero-order valence-corrected chi connectivity index (χ0v) is 18.6. The molecule has 0 amide bonds. The van der Waals surface area contributed by atoms with Crippen molar-refractivity contribution in [1.82, 2.24) is 9.55 Å². The quantitative estimate of drug-likeness (QED) is 0.161. The van der Waals surface area contributed by atoms with Crippen LogP contribution in [0.3, 0.4) is 0 Å². The summed E-state index contributed by atoms with van der Waals surface area (Å²) < 4.78 is 46.8. The SMILES string of the molecule is O=c1ccn([C@@H]2O[C@H](COP(=O)([O-])OP(=O)([O-])O[C@H]3OC[C@](O)(CO)[C@H]3O)[C@@H](O)[C@H]2O)c(=O)[nH]1. The van der Waals surface area contributed by atoms with Gasteiger partial charge in [-0.05, 0) is 0 Å². The maximum absolute atomic E-state index is 11.9. The Labute approximate surface area is 188 Å². The lowest BCUT2D eigenvalue weighted by Crippen LogP contribution is -2.47. The predicted molar refractivity (Wildman–Crippen MR) is 98.4 cm³/mol. The van der Waals surface area contributed by atoms with Crippen LogP contribution in [0.5, 0.6) is 0 Å². The van der Waals surface area contributed by atoms with Gasteiger partial charge in [-0.15, -0.1) is 0 Å². The van der Waals surface area contributed by atoms with Gasteiger partial charge >= 0.3 is 5.69 Å². The van der Waals surface area contributed by atoms with Crippen LogP contribution in [0.1, 0.15) is 6.23 Å². The van der Waals surface area contributed by atoms with Gasteiger partial charge in [-0.25, -0.2) is 9.11 Å². The number of hydrogen-bond donors (Lipinski definition) is 6. The molecule has 0 aromatic carbocycles. The van der Waals surface area contributed by atoms with Gasteiger partial charge in [-0.2, -0.15) is 0 Å². The maximum Gasteiger partial charge on any atom is 0.330 e. The number of H-pyrrole nitrogens is 1. The van der Waals surface area contributed by atoms with Crippen LogP contribution < -0.4 is 21.0 Å². The van der Waals surface area contributed by atoms with E-state index in [1.54, 1.807) is 0 Å². The Bertz CT molecular complexity index is 1090. The topological polar surface area (TPSA) is 282 Å². The van der Waals surface area contributed by atoms with Crippen LogP contribution in [0.2, 0.25) is 0 Å². The molecule has 9 atom stereocenters. The molecule has 3 heterocycles. The maximum atomic E-state index is 11.9. The monoisotopic (exact) mass is 534 g/mol. The van der Waals surface area contributed by atoms with E-state index in [1.807, 2.05) is 4.98 Å². The summed E-state index contributed by atoms with van der Waals surface area (Å²) in [6.45, 7) is -2.84. The molecule has 3 rings (SSSR count). The summed E-state index contributed by atoms with van der Waals surface area (Å²) in [7, 11) is -11.5. The van der Waals surface area contributed by atoms with Gasteiger partial charge in [0.05, 0.1) is 19.8 Å². The third-order valence-corrected chi connectivity index (χ3v) is 7.40. The van der Waals surface area contributed by atoms with E-state index in [1.165, 1.54) is 0 Å². The van der Waals surface area contributed by atoms with Gasteiger partial charge in [0.1, 0.15) is 30.0 Å². The summed E-state index contributed by atoms with van der Waals surface area (Å²) in [6, 6.07) is 0.922. The molecule has 2 saturated heterocycles. The van der Waals surface area contributed by atoms with E-state index in [4.69, 9.17) is 9.84 Å². The first-order valence-electron chi connectivity index (χ1n) is 9.30. The molecule has 0 aliphatic carbocycles. The van der Waals surface area contributed by atoms with E-state index in [0.717, 1.165) is 12.3 Å². The van der Waals surface area contributed by atoms with Crippen molar-refractivity contribution >= 4 is 15.6 Å². The molecule has 0 radical (unpaired) electrons. The van der Waals surface area contributed by atoms with Crippen molar-refractivity contribution in [2.75, 3.05) is 19.8 Å². The molecule has 2 aliphatic rings. The summed E-state index contributed by atoms with van der Waals surface area (Å²) in [5.74, 6) is 0. The van der Waals surface area contributed by atoms with Gasteiger partial charge in [0, 0.05) is 12.3 Å². The average Bonchev–Trinajstić information content (AvgIpc) is 3.17. The van der Waals surface area contributed by atoms with Crippen LogP contribution in [-0.2, 0) is 32.0 Å². The largest absolute Gasteiger partial charge is 0.756 e. The molecule has 20 heteroatoms. The van der Waals surface area contributed by atoms with E-state index in [-0.39, 0.29) is 0 Å². The number of phosphoric ester groups is 2. The van der Waals surface area contributed by atoms with Gasteiger partial charge in [0.25, 0.3) is 21.2 Å². The highest BCUT2D eigenvalue weighted by Crippen LogP contribution is 2.57. The highest BCUT2D eigenvalue weighted by Gasteiger charge is 2.50. The van der Waals surface area contributed by atoms with Gasteiger partial charge in [-0.3, -0.25) is 28.0 Å². The molecular formula is C14H20N2O16P2-2. The molecule has 0 bridgehead atoms. The van der Waals surface area contributed by atoms with E-state index in [9.17, 15) is 48.9 Å². The molecule has 1 aromatic rings. The summed E-state index contributed by atoms with van der Waals surface area (Å²) in [5.41, 5.74) is -4.01. The summed E-state index contributed by atoms with van der Waals surface area (Å²) in [4.78, 5) is 48.7. The molecule has 0 saturated carbocycles. The van der Waals surface area contributed by atoms with Crippen molar-refractivity contribution in [3.63, 3.8) is 0 Å². The van der Waals surface area contributed by atoms with Gasteiger partial charge in [-0.1, -0.05) is 0 Å². The fraction of sp³-hybridized carbons (Fsp3) is 0.714. The second kappa shape index (κ2) is 9.96. The van der Waals surface area contributed by atoms with Crippen LogP contribution in [0.4, 0.5) is 0 Å². The Kier molecular flexibility index (Phi) is 7.98. The second-order valence-corrected chi connectivity index (χ2v) is 10.2. The number of rotatable bonds is 9. The number of aliphatic hydroxyl groups is 5. The zero-order valence-electron chi connectivity index (χ0n) is 16.8. The smallest absolute Gasteiger partial charge is 0.330 e. The highest BCUT2D eigenvalue weighted by molar-refractivity contribution is 7.59. The molecule has 2 aliphatic heterocycles. The van der Waals surface area contributed by atoms with Crippen LogP contribution in [0.25, 0.3) is 0 Å². The molecule has 0 spiro atoms.